The van der Waals surface area contributed by atoms with E-state index >= 15 is 0 Å². The second kappa shape index (κ2) is 6.58. The molecule has 1 unspecified atom stereocenters. The third kappa shape index (κ3) is 3.20. The zero-order valence-corrected chi connectivity index (χ0v) is 13.6. The number of likely N-dealkylation sites (tertiary alicyclic amines) is 1. The molecule has 1 fully saturated rings. The number of aromatic nitrogens is 4. The van der Waals surface area contributed by atoms with E-state index in [9.17, 15) is 0 Å². The topological polar surface area (TPSA) is 58.8 Å². The van der Waals surface area contributed by atoms with E-state index in [0.717, 1.165) is 24.6 Å². The fourth-order valence-corrected chi connectivity index (χ4v) is 3.24. The van der Waals surface area contributed by atoms with Crippen LogP contribution in [0.5, 0.6) is 0 Å². The molecule has 3 heterocycles. The van der Waals surface area contributed by atoms with Gasteiger partial charge in [0.25, 0.3) is 5.78 Å². The second-order valence-corrected chi connectivity index (χ2v) is 6.16. The van der Waals surface area contributed by atoms with Crippen molar-refractivity contribution < 1.29 is 4.74 Å². The number of fused-ring (bicyclic) bond motifs is 1. The Balaban J connectivity index is 1.82. The van der Waals surface area contributed by atoms with Gasteiger partial charge < -0.3 is 14.5 Å². The summed E-state index contributed by atoms with van der Waals surface area (Å²) >= 11 is 0. The minimum Gasteiger partial charge on any atom is -0.378 e. The summed E-state index contributed by atoms with van der Waals surface area (Å²) < 4.78 is 7.00. The third-order valence-corrected chi connectivity index (χ3v) is 4.22. The van der Waals surface area contributed by atoms with E-state index < -0.39 is 0 Å². The highest BCUT2D eigenvalue weighted by molar-refractivity contribution is 5.46. The summed E-state index contributed by atoms with van der Waals surface area (Å²) in [5, 5.41) is 4.30. The van der Waals surface area contributed by atoms with Crippen molar-refractivity contribution in [1.82, 2.24) is 24.5 Å². The Labute approximate surface area is 130 Å². The summed E-state index contributed by atoms with van der Waals surface area (Å²) in [7, 11) is 5.99. The Morgan fingerprint density at radius 1 is 1.45 bits per heavy atom. The van der Waals surface area contributed by atoms with Gasteiger partial charge in [0.2, 0.25) is 0 Å². The van der Waals surface area contributed by atoms with Gasteiger partial charge in [-0.25, -0.2) is 4.98 Å². The monoisotopic (exact) mass is 304 g/mol. The van der Waals surface area contributed by atoms with Crippen LogP contribution in [0.3, 0.4) is 0 Å². The van der Waals surface area contributed by atoms with Gasteiger partial charge in [-0.15, -0.1) is 0 Å². The highest BCUT2D eigenvalue weighted by Crippen LogP contribution is 2.20. The van der Waals surface area contributed by atoms with E-state index in [1.165, 1.54) is 19.4 Å². The molecule has 2 aromatic heterocycles. The van der Waals surface area contributed by atoms with Crippen molar-refractivity contribution in [2.45, 2.75) is 19.4 Å². The SMILES string of the molecule is COCc1cc(N(C)CC2CCCN(C)C2)n2ncnc2n1. The molecule has 1 atom stereocenters. The van der Waals surface area contributed by atoms with Crippen LogP contribution in [0.15, 0.2) is 12.4 Å². The first-order valence-electron chi connectivity index (χ1n) is 7.75. The molecular formula is C15H24N6O. The van der Waals surface area contributed by atoms with Crippen molar-refractivity contribution in [1.29, 1.82) is 0 Å². The van der Waals surface area contributed by atoms with Crippen LogP contribution in [-0.2, 0) is 11.3 Å². The minimum absolute atomic E-state index is 0.483. The predicted molar refractivity (Wildman–Crippen MR) is 85.0 cm³/mol. The van der Waals surface area contributed by atoms with E-state index in [4.69, 9.17) is 4.74 Å². The fourth-order valence-electron chi connectivity index (χ4n) is 3.24. The molecule has 7 heteroatoms. The fraction of sp³-hybridized carbons (Fsp3) is 0.667. The van der Waals surface area contributed by atoms with E-state index in [0.29, 0.717) is 18.3 Å². The Morgan fingerprint density at radius 2 is 2.32 bits per heavy atom. The standard InChI is InChI=1S/C15H24N6O/c1-19-6-4-5-12(8-19)9-20(2)14-7-13(10-22-3)18-15-16-11-17-21(14)15/h7,11-12H,4-6,8-10H2,1-3H3. The van der Waals surface area contributed by atoms with Crippen LogP contribution >= 0.6 is 0 Å². The molecule has 0 bridgehead atoms. The van der Waals surface area contributed by atoms with Gasteiger partial charge in [-0.1, -0.05) is 0 Å². The maximum atomic E-state index is 5.21. The number of hydrogen-bond donors (Lipinski definition) is 0. The summed E-state index contributed by atoms with van der Waals surface area (Å²) in [5.74, 6) is 2.32. The number of piperidine rings is 1. The van der Waals surface area contributed by atoms with E-state index in [1.54, 1.807) is 18.0 Å². The molecule has 120 valence electrons. The first-order valence-corrected chi connectivity index (χ1v) is 7.75. The van der Waals surface area contributed by atoms with Crippen LogP contribution in [0.1, 0.15) is 18.5 Å². The average molecular weight is 304 g/mol. The van der Waals surface area contributed by atoms with Gasteiger partial charge in [-0.2, -0.15) is 14.6 Å². The van der Waals surface area contributed by atoms with E-state index in [1.807, 2.05) is 6.07 Å². The zero-order chi connectivity index (χ0) is 15.5. The molecule has 22 heavy (non-hydrogen) atoms. The molecule has 0 aromatic carbocycles. The van der Waals surface area contributed by atoms with Gasteiger partial charge in [0.05, 0.1) is 12.3 Å². The minimum atomic E-state index is 0.483. The maximum absolute atomic E-state index is 5.21. The number of hydrogen-bond acceptors (Lipinski definition) is 6. The third-order valence-electron chi connectivity index (χ3n) is 4.22. The summed E-state index contributed by atoms with van der Waals surface area (Å²) in [6.07, 6.45) is 4.11. The van der Waals surface area contributed by atoms with Gasteiger partial charge in [-0.3, -0.25) is 0 Å². The van der Waals surface area contributed by atoms with Gasteiger partial charge in [0.15, 0.2) is 0 Å². The van der Waals surface area contributed by atoms with Crippen molar-refractivity contribution in [3.63, 3.8) is 0 Å². The van der Waals surface area contributed by atoms with E-state index in [2.05, 4.69) is 39.0 Å². The number of anilines is 1. The molecular weight excluding hydrogens is 280 g/mol. The molecule has 0 amide bonds. The number of ether oxygens (including phenoxy) is 1. The summed E-state index contributed by atoms with van der Waals surface area (Å²) in [6.45, 7) is 3.85. The maximum Gasteiger partial charge on any atom is 0.254 e. The highest BCUT2D eigenvalue weighted by Gasteiger charge is 2.20. The Kier molecular flexibility index (Phi) is 4.54. The molecule has 0 radical (unpaired) electrons. The molecule has 0 aliphatic carbocycles. The lowest BCUT2D eigenvalue weighted by Gasteiger charge is -2.33. The molecule has 1 aliphatic heterocycles. The lowest BCUT2D eigenvalue weighted by molar-refractivity contribution is 0.181. The number of rotatable bonds is 5. The first kappa shape index (κ1) is 15.2. The number of methoxy groups -OCH3 is 1. The molecule has 1 saturated heterocycles. The van der Waals surface area contributed by atoms with Crippen LogP contribution in [0.25, 0.3) is 5.78 Å². The lowest BCUT2D eigenvalue weighted by atomic mass is 9.98. The smallest absolute Gasteiger partial charge is 0.254 e. The Morgan fingerprint density at radius 3 is 3.09 bits per heavy atom. The first-order chi connectivity index (χ1) is 10.7. The molecule has 0 spiro atoms. The van der Waals surface area contributed by atoms with Crippen LogP contribution in [-0.4, -0.2) is 65.3 Å². The van der Waals surface area contributed by atoms with Crippen LogP contribution in [0.2, 0.25) is 0 Å². The Bertz CT molecular complexity index is 628. The molecule has 1 aliphatic rings. The zero-order valence-electron chi connectivity index (χ0n) is 13.6. The normalized spacial score (nSPS) is 19.7. The molecule has 0 saturated carbocycles. The van der Waals surface area contributed by atoms with Crippen molar-refractivity contribution in [2.75, 3.05) is 45.7 Å². The Hall–Kier alpha value is -1.73. The van der Waals surface area contributed by atoms with Crippen LogP contribution < -0.4 is 4.90 Å². The lowest BCUT2D eigenvalue weighted by Crippen LogP contribution is -2.38. The average Bonchev–Trinajstić information content (AvgIpc) is 2.95. The van der Waals surface area contributed by atoms with Gasteiger partial charge in [0.1, 0.15) is 12.1 Å². The van der Waals surface area contributed by atoms with Crippen molar-refractivity contribution >= 4 is 11.6 Å². The number of nitrogens with zero attached hydrogens (tertiary/aromatic N) is 6. The van der Waals surface area contributed by atoms with Crippen molar-refractivity contribution in [3.05, 3.63) is 18.1 Å². The van der Waals surface area contributed by atoms with E-state index in [-0.39, 0.29) is 0 Å². The van der Waals surface area contributed by atoms with Crippen LogP contribution in [0.4, 0.5) is 5.82 Å². The highest BCUT2D eigenvalue weighted by atomic mass is 16.5. The van der Waals surface area contributed by atoms with Crippen molar-refractivity contribution in [3.8, 4) is 0 Å². The van der Waals surface area contributed by atoms with Gasteiger partial charge in [0, 0.05) is 33.3 Å². The predicted octanol–water partition coefficient (Wildman–Crippen LogP) is 1.05. The summed E-state index contributed by atoms with van der Waals surface area (Å²) in [5.41, 5.74) is 0.880. The second-order valence-electron chi connectivity index (χ2n) is 6.16. The molecule has 0 N–H and O–H groups in total. The largest absolute Gasteiger partial charge is 0.378 e. The quantitative estimate of drug-likeness (QED) is 0.823. The van der Waals surface area contributed by atoms with Crippen LogP contribution in [0, 0.1) is 5.92 Å². The molecule has 3 rings (SSSR count). The van der Waals surface area contributed by atoms with Gasteiger partial charge >= 0.3 is 0 Å². The van der Waals surface area contributed by atoms with Gasteiger partial charge in [-0.05, 0) is 32.4 Å². The summed E-state index contributed by atoms with van der Waals surface area (Å²) in [6, 6.07) is 2.04. The van der Waals surface area contributed by atoms with Crippen molar-refractivity contribution in [2.24, 2.45) is 5.92 Å². The molecule has 7 nitrogen and oxygen atoms in total. The molecule has 2 aromatic rings. The summed E-state index contributed by atoms with van der Waals surface area (Å²) in [4.78, 5) is 13.3.